The number of amides is 1. The lowest BCUT2D eigenvalue weighted by Gasteiger charge is -2.40. The summed E-state index contributed by atoms with van der Waals surface area (Å²) in [6.45, 7) is 7.65. The van der Waals surface area contributed by atoms with Gasteiger partial charge in [-0.2, -0.15) is 0 Å². The van der Waals surface area contributed by atoms with Crippen LogP contribution < -0.4 is 0 Å². The van der Waals surface area contributed by atoms with Crippen LogP contribution in [-0.2, 0) is 6.42 Å². The highest BCUT2D eigenvalue weighted by atomic mass is 16.3. The van der Waals surface area contributed by atoms with E-state index < -0.39 is 5.60 Å². The molecule has 1 saturated heterocycles. The lowest BCUT2D eigenvalue weighted by molar-refractivity contribution is -0.0392. The number of aromatic nitrogens is 2. The molecular formula is C18H30N4O2. The van der Waals surface area contributed by atoms with Crippen LogP contribution in [-0.4, -0.2) is 70.1 Å². The van der Waals surface area contributed by atoms with Crippen molar-refractivity contribution in [1.82, 2.24) is 19.8 Å². The Morgan fingerprint density at radius 2 is 2.12 bits per heavy atom. The minimum atomic E-state index is -0.847. The Morgan fingerprint density at radius 1 is 1.42 bits per heavy atom. The average molecular weight is 334 g/mol. The molecule has 0 unspecified atom stereocenters. The van der Waals surface area contributed by atoms with Crippen molar-refractivity contribution in [1.29, 1.82) is 0 Å². The highest BCUT2D eigenvalue weighted by Gasteiger charge is 2.36. The number of carbonyl (C=O) groups is 1. The number of aliphatic hydroxyl groups is 1. The van der Waals surface area contributed by atoms with E-state index in [1.54, 1.807) is 11.0 Å². The summed E-state index contributed by atoms with van der Waals surface area (Å²) in [5, 5.41) is 10.8. The molecule has 1 aliphatic heterocycles. The van der Waals surface area contributed by atoms with E-state index in [4.69, 9.17) is 0 Å². The summed E-state index contributed by atoms with van der Waals surface area (Å²) in [5.41, 5.74) is 0.494. The van der Waals surface area contributed by atoms with Crippen LogP contribution in [0.25, 0.3) is 0 Å². The minimum Gasteiger partial charge on any atom is -0.387 e. The van der Waals surface area contributed by atoms with Gasteiger partial charge in [0.1, 0.15) is 11.5 Å². The van der Waals surface area contributed by atoms with Crippen molar-refractivity contribution < 1.29 is 9.90 Å². The van der Waals surface area contributed by atoms with E-state index in [1.165, 1.54) is 0 Å². The lowest BCUT2D eigenvalue weighted by atomic mass is 9.92. The van der Waals surface area contributed by atoms with E-state index in [0.29, 0.717) is 37.1 Å². The van der Waals surface area contributed by atoms with Gasteiger partial charge in [0.05, 0.1) is 12.1 Å². The van der Waals surface area contributed by atoms with Crippen LogP contribution in [0.1, 0.15) is 48.7 Å². The Bertz CT molecular complexity index is 588. The van der Waals surface area contributed by atoms with Gasteiger partial charge >= 0.3 is 0 Å². The van der Waals surface area contributed by atoms with Crippen molar-refractivity contribution in [3.05, 3.63) is 23.3 Å². The summed E-state index contributed by atoms with van der Waals surface area (Å²) >= 11 is 0. The first kappa shape index (κ1) is 18.8. The predicted octanol–water partition coefficient (Wildman–Crippen LogP) is 1.51. The smallest absolute Gasteiger partial charge is 0.272 e. The van der Waals surface area contributed by atoms with Gasteiger partial charge < -0.3 is 14.9 Å². The molecule has 1 fully saturated rings. The van der Waals surface area contributed by atoms with Crippen LogP contribution in [0, 0.1) is 12.8 Å². The number of β-amino-alcohol motifs (C(OH)–C–C–N with tert-alkyl or cyclic N) is 1. The number of piperidine rings is 1. The maximum Gasteiger partial charge on any atom is 0.272 e. The average Bonchev–Trinajstić information content (AvgIpc) is 2.43. The highest BCUT2D eigenvalue weighted by molar-refractivity contribution is 5.92. The van der Waals surface area contributed by atoms with Crippen LogP contribution in [0.5, 0.6) is 0 Å². The molecule has 0 aromatic carbocycles. The zero-order valence-corrected chi connectivity index (χ0v) is 15.5. The zero-order valence-electron chi connectivity index (χ0n) is 15.5. The number of hydrogen-bond donors (Lipinski definition) is 1. The SMILES string of the molecule is Cc1nc(CC(C)C)cc(C(=O)N2CCC[C@@](O)(CN(C)C)C2)n1. The molecule has 1 atom stereocenters. The van der Waals surface area contributed by atoms with Gasteiger partial charge in [-0.25, -0.2) is 9.97 Å². The van der Waals surface area contributed by atoms with E-state index in [0.717, 1.165) is 25.0 Å². The molecule has 1 aromatic heterocycles. The number of hydrogen-bond acceptors (Lipinski definition) is 5. The van der Waals surface area contributed by atoms with Crippen LogP contribution in [0.4, 0.5) is 0 Å². The second-order valence-electron chi connectivity index (χ2n) is 7.68. The van der Waals surface area contributed by atoms with E-state index in [9.17, 15) is 9.90 Å². The lowest BCUT2D eigenvalue weighted by Crippen LogP contribution is -2.54. The molecule has 6 nitrogen and oxygen atoms in total. The van der Waals surface area contributed by atoms with Gasteiger partial charge in [0.15, 0.2) is 0 Å². The molecule has 0 spiro atoms. The summed E-state index contributed by atoms with van der Waals surface area (Å²) in [6, 6.07) is 1.80. The van der Waals surface area contributed by atoms with Crippen LogP contribution in [0.3, 0.4) is 0 Å². The van der Waals surface area contributed by atoms with E-state index in [2.05, 4.69) is 23.8 Å². The van der Waals surface area contributed by atoms with Crippen LogP contribution >= 0.6 is 0 Å². The number of aryl methyl sites for hydroxylation is 1. The van der Waals surface area contributed by atoms with Gasteiger partial charge in [-0.3, -0.25) is 4.79 Å². The minimum absolute atomic E-state index is 0.109. The standard InChI is InChI=1S/C18H30N4O2/c1-13(2)9-15-10-16(20-14(3)19-15)17(23)22-8-6-7-18(24,12-22)11-21(4)5/h10,13,24H,6-9,11-12H2,1-5H3/t18-/m1/s1. The van der Waals surface area contributed by atoms with Crippen molar-refractivity contribution in [2.45, 2.75) is 45.6 Å². The molecule has 134 valence electrons. The Kier molecular flexibility index (Phi) is 5.93. The largest absolute Gasteiger partial charge is 0.387 e. The van der Waals surface area contributed by atoms with Gasteiger partial charge in [-0.15, -0.1) is 0 Å². The first-order valence-corrected chi connectivity index (χ1v) is 8.69. The molecule has 6 heteroatoms. The molecule has 0 bridgehead atoms. The van der Waals surface area contributed by atoms with Gasteiger partial charge in [-0.1, -0.05) is 13.8 Å². The summed E-state index contributed by atoms with van der Waals surface area (Å²) < 4.78 is 0. The molecule has 0 saturated carbocycles. The first-order chi connectivity index (χ1) is 11.2. The second kappa shape index (κ2) is 7.57. The Morgan fingerprint density at radius 3 is 2.75 bits per heavy atom. The van der Waals surface area contributed by atoms with Crippen molar-refractivity contribution in [3.8, 4) is 0 Å². The topological polar surface area (TPSA) is 69.6 Å². The number of likely N-dealkylation sites (N-methyl/N-ethyl adjacent to an activating group) is 1. The zero-order chi connectivity index (χ0) is 17.9. The second-order valence-corrected chi connectivity index (χ2v) is 7.68. The molecule has 1 amide bonds. The normalized spacial score (nSPS) is 21.6. The quantitative estimate of drug-likeness (QED) is 0.884. The summed E-state index contributed by atoms with van der Waals surface area (Å²) in [5.74, 6) is 0.988. The predicted molar refractivity (Wildman–Crippen MR) is 94.0 cm³/mol. The Hall–Kier alpha value is -1.53. The van der Waals surface area contributed by atoms with Crippen molar-refractivity contribution in [2.75, 3.05) is 33.7 Å². The maximum absolute atomic E-state index is 12.9. The molecule has 0 aliphatic carbocycles. The van der Waals surface area contributed by atoms with Gasteiger partial charge in [-0.05, 0) is 52.3 Å². The molecule has 1 aliphatic rings. The van der Waals surface area contributed by atoms with Crippen LogP contribution in [0.15, 0.2) is 6.07 Å². The molecule has 1 N–H and O–H groups in total. The Labute approximate surface area is 144 Å². The molecule has 24 heavy (non-hydrogen) atoms. The van der Waals surface area contributed by atoms with E-state index in [-0.39, 0.29) is 5.91 Å². The molecule has 2 rings (SSSR count). The van der Waals surface area contributed by atoms with Crippen molar-refractivity contribution in [3.63, 3.8) is 0 Å². The fourth-order valence-electron chi connectivity index (χ4n) is 3.43. The third kappa shape index (κ3) is 4.98. The Balaban J connectivity index is 2.17. The van der Waals surface area contributed by atoms with Gasteiger partial charge in [0.25, 0.3) is 5.91 Å². The van der Waals surface area contributed by atoms with Crippen molar-refractivity contribution in [2.24, 2.45) is 5.92 Å². The summed E-state index contributed by atoms with van der Waals surface area (Å²) in [4.78, 5) is 25.3. The fourth-order valence-corrected chi connectivity index (χ4v) is 3.43. The third-order valence-corrected chi connectivity index (χ3v) is 4.18. The monoisotopic (exact) mass is 334 g/mol. The third-order valence-electron chi connectivity index (χ3n) is 4.18. The van der Waals surface area contributed by atoms with Gasteiger partial charge in [0.2, 0.25) is 0 Å². The number of rotatable bonds is 5. The van der Waals surface area contributed by atoms with Gasteiger partial charge in [0, 0.05) is 18.8 Å². The molecule has 2 heterocycles. The molecule has 1 aromatic rings. The van der Waals surface area contributed by atoms with Crippen LogP contribution in [0.2, 0.25) is 0 Å². The molecular weight excluding hydrogens is 304 g/mol. The van der Waals surface area contributed by atoms with Crippen molar-refractivity contribution >= 4 is 5.91 Å². The fraction of sp³-hybridized carbons (Fsp3) is 0.722. The number of likely N-dealkylation sites (tertiary alicyclic amines) is 1. The maximum atomic E-state index is 12.9. The molecule has 0 radical (unpaired) electrons. The summed E-state index contributed by atoms with van der Waals surface area (Å²) in [6.07, 6.45) is 2.35. The number of nitrogens with zero attached hydrogens (tertiary/aromatic N) is 4. The highest BCUT2D eigenvalue weighted by Crippen LogP contribution is 2.23. The van der Waals surface area contributed by atoms with E-state index >= 15 is 0 Å². The number of carbonyl (C=O) groups excluding carboxylic acids is 1. The van der Waals surface area contributed by atoms with E-state index in [1.807, 2.05) is 25.9 Å². The first-order valence-electron chi connectivity index (χ1n) is 8.69. The summed E-state index contributed by atoms with van der Waals surface area (Å²) in [7, 11) is 3.87.